The van der Waals surface area contributed by atoms with Crippen LogP contribution in [0.15, 0.2) is 36.5 Å². The molecule has 1 aromatic heterocycles. The summed E-state index contributed by atoms with van der Waals surface area (Å²) < 4.78 is 43.5. The highest BCUT2D eigenvalue weighted by Gasteiger charge is 2.39. The van der Waals surface area contributed by atoms with Gasteiger partial charge in [0.15, 0.2) is 5.69 Å². The van der Waals surface area contributed by atoms with Gasteiger partial charge in [-0.15, -0.1) is 0 Å². The van der Waals surface area contributed by atoms with Gasteiger partial charge in [0, 0.05) is 12.6 Å². The maximum atomic E-state index is 12.7. The number of nitrogens with zero attached hydrogens (tertiary/aromatic N) is 3. The number of rotatable bonds is 5. The first-order chi connectivity index (χ1) is 13.2. The average Bonchev–Trinajstić information content (AvgIpc) is 3.25. The number of esters is 1. The molecule has 0 radical (unpaired) electrons. The Morgan fingerprint density at radius 1 is 1.18 bits per heavy atom. The van der Waals surface area contributed by atoms with Crippen molar-refractivity contribution in [2.24, 2.45) is 0 Å². The van der Waals surface area contributed by atoms with Crippen molar-refractivity contribution in [3.8, 4) is 5.69 Å². The molecule has 1 aliphatic rings. The minimum Gasteiger partial charge on any atom is -0.469 e. The SMILES string of the molecule is COC(=O)CC[C@H]1NC(=O)N(c2ccc(-n3ccc(C(F)(F)F)n3)cc2)C1=O. The van der Waals surface area contributed by atoms with E-state index in [9.17, 15) is 27.6 Å². The predicted octanol–water partition coefficient (Wildman–Crippen LogP) is 2.27. The van der Waals surface area contributed by atoms with E-state index >= 15 is 0 Å². The second-order valence-corrected chi connectivity index (χ2v) is 5.95. The van der Waals surface area contributed by atoms with Gasteiger partial charge in [-0.3, -0.25) is 9.59 Å². The van der Waals surface area contributed by atoms with Crippen LogP contribution in [0.3, 0.4) is 0 Å². The van der Waals surface area contributed by atoms with E-state index in [1.54, 1.807) is 0 Å². The number of methoxy groups -OCH3 is 1. The number of halogens is 3. The summed E-state index contributed by atoms with van der Waals surface area (Å²) in [6.07, 6.45) is -3.32. The summed E-state index contributed by atoms with van der Waals surface area (Å²) in [5.41, 5.74) is -0.456. The molecule has 1 aliphatic heterocycles. The molecule has 28 heavy (non-hydrogen) atoms. The number of ether oxygens (including phenoxy) is 1. The van der Waals surface area contributed by atoms with Crippen LogP contribution >= 0.6 is 0 Å². The van der Waals surface area contributed by atoms with Gasteiger partial charge >= 0.3 is 18.2 Å². The Bertz CT molecular complexity index is 908. The minimum atomic E-state index is -4.55. The lowest BCUT2D eigenvalue weighted by Gasteiger charge is -2.13. The van der Waals surface area contributed by atoms with Crippen LogP contribution in [0, 0.1) is 0 Å². The maximum absolute atomic E-state index is 12.7. The summed E-state index contributed by atoms with van der Waals surface area (Å²) in [5, 5.41) is 5.94. The number of aromatic nitrogens is 2. The number of urea groups is 1. The fourth-order valence-electron chi connectivity index (χ4n) is 2.71. The number of hydrogen-bond donors (Lipinski definition) is 1. The van der Waals surface area contributed by atoms with E-state index in [4.69, 9.17) is 0 Å². The van der Waals surface area contributed by atoms with Gasteiger partial charge in [-0.1, -0.05) is 0 Å². The van der Waals surface area contributed by atoms with Crippen molar-refractivity contribution in [1.29, 1.82) is 0 Å². The van der Waals surface area contributed by atoms with Gasteiger partial charge in [0.1, 0.15) is 6.04 Å². The van der Waals surface area contributed by atoms with Crippen molar-refractivity contribution >= 4 is 23.6 Å². The number of carbonyl (C=O) groups is 3. The number of alkyl halides is 3. The number of benzene rings is 1. The Morgan fingerprint density at radius 3 is 2.39 bits per heavy atom. The third-order valence-corrected chi connectivity index (χ3v) is 4.14. The fourth-order valence-corrected chi connectivity index (χ4v) is 2.71. The number of anilines is 1. The Morgan fingerprint density at radius 2 is 1.82 bits per heavy atom. The van der Waals surface area contributed by atoms with Crippen LogP contribution in [0.1, 0.15) is 18.5 Å². The van der Waals surface area contributed by atoms with Gasteiger partial charge < -0.3 is 10.1 Å². The van der Waals surface area contributed by atoms with Crippen LogP contribution in [-0.2, 0) is 20.5 Å². The topological polar surface area (TPSA) is 93.5 Å². The number of hydrogen-bond acceptors (Lipinski definition) is 5. The third-order valence-electron chi connectivity index (χ3n) is 4.14. The van der Waals surface area contributed by atoms with Gasteiger partial charge in [0.2, 0.25) is 0 Å². The number of imide groups is 1. The third kappa shape index (κ3) is 3.82. The number of nitrogens with one attached hydrogen (secondary N) is 1. The van der Waals surface area contributed by atoms with E-state index in [-0.39, 0.29) is 18.5 Å². The van der Waals surface area contributed by atoms with E-state index in [2.05, 4.69) is 15.2 Å². The zero-order valence-corrected chi connectivity index (χ0v) is 14.6. The zero-order chi connectivity index (χ0) is 20.5. The van der Waals surface area contributed by atoms with Crippen LogP contribution < -0.4 is 10.2 Å². The number of amides is 3. The van der Waals surface area contributed by atoms with E-state index < -0.39 is 35.8 Å². The standard InChI is InChI=1S/C17H15F3N4O4/c1-28-14(25)7-6-12-15(26)24(16(27)21-12)11-4-2-10(3-5-11)23-9-8-13(22-23)17(18,19)20/h2-5,8-9,12H,6-7H2,1H3,(H,21,27)/t12-/m1/s1. The lowest BCUT2D eigenvalue weighted by Crippen LogP contribution is -2.31. The van der Waals surface area contributed by atoms with Crippen molar-refractivity contribution in [2.45, 2.75) is 25.1 Å². The highest BCUT2D eigenvalue weighted by Crippen LogP contribution is 2.28. The number of carbonyl (C=O) groups excluding carboxylic acids is 3. The first kappa shape index (κ1) is 19.4. The van der Waals surface area contributed by atoms with E-state index in [0.717, 1.165) is 21.8 Å². The van der Waals surface area contributed by atoms with Gasteiger partial charge in [-0.2, -0.15) is 18.3 Å². The molecule has 1 aromatic carbocycles. The highest BCUT2D eigenvalue weighted by molar-refractivity contribution is 6.21. The lowest BCUT2D eigenvalue weighted by molar-refractivity contribution is -0.142. The molecule has 1 saturated heterocycles. The Balaban J connectivity index is 1.74. The predicted molar refractivity (Wildman–Crippen MR) is 89.6 cm³/mol. The molecule has 1 fully saturated rings. The zero-order valence-electron chi connectivity index (χ0n) is 14.6. The van der Waals surface area contributed by atoms with Gasteiger partial charge in [0.05, 0.1) is 18.5 Å². The van der Waals surface area contributed by atoms with Crippen LogP contribution in [0.25, 0.3) is 5.69 Å². The molecule has 8 nitrogen and oxygen atoms in total. The Labute approximate surface area is 156 Å². The van der Waals surface area contributed by atoms with Crippen molar-refractivity contribution < 1.29 is 32.3 Å². The van der Waals surface area contributed by atoms with Crippen molar-refractivity contribution in [3.05, 3.63) is 42.2 Å². The molecule has 2 aromatic rings. The van der Waals surface area contributed by atoms with E-state index in [1.165, 1.54) is 31.4 Å². The van der Waals surface area contributed by atoms with Gasteiger partial charge in [-0.25, -0.2) is 14.4 Å². The molecule has 3 amide bonds. The molecule has 2 heterocycles. The molecule has 0 unspecified atom stereocenters. The molecular formula is C17H15F3N4O4. The Hall–Kier alpha value is -3.37. The lowest BCUT2D eigenvalue weighted by atomic mass is 10.1. The first-order valence-electron chi connectivity index (χ1n) is 8.15. The molecule has 0 saturated carbocycles. The van der Waals surface area contributed by atoms with E-state index in [1.807, 2.05) is 0 Å². The fraction of sp³-hybridized carbons (Fsp3) is 0.294. The Kier molecular flexibility index (Phi) is 5.08. The monoisotopic (exact) mass is 396 g/mol. The maximum Gasteiger partial charge on any atom is 0.435 e. The molecule has 0 aliphatic carbocycles. The minimum absolute atomic E-state index is 0.0270. The summed E-state index contributed by atoms with van der Waals surface area (Å²) in [5.74, 6) is -1.03. The van der Waals surface area contributed by atoms with Crippen molar-refractivity contribution in [2.75, 3.05) is 12.0 Å². The summed E-state index contributed by atoms with van der Waals surface area (Å²) in [7, 11) is 1.22. The molecule has 1 N–H and O–H groups in total. The second-order valence-electron chi connectivity index (χ2n) is 5.95. The second kappa shape index (κ2) is 7.33. The molecule has 0 spiro atoms. The van der Waals surface area contributed by atoms with Crippen LogP contribution in [0.4, 0.5) is 23.7 Å². The quantitative estimate of drug-likeness (QED) is 0.618. The van der Waals surface area contributed by atoms with Crippen LogP contribution in [0.2, 0.25) is 0 Å². The van der Waals surface area contributed by atoms with E-state index in [0.29, 0.717) is 5.69 Å². The van der Waals surface area contributed by atoms with Crippen LogP contribution in [0.5, 0.6) is 0 Å². The largest absolute Gasteiger partial charge is 0.469 e. The molecule has 1 atom stereocenters. The summed E-state index contributed by atoms with van der Waals surface area (Å²) in [6.45, 7) is 0. The van der Waals surface area contributed by atoms with Gasteiger partial charge in [-0.05, 0) is 36.8 Å². The first-order valence-corrected chi connectivity index (χ1v) is 8.15. The van der Waals surface area contributed by atoms with Gasteiger partial charge in [0.25, 0.3) is 5.91 Å². The normalized spacial score (nSPS) is 17.0. The van der Waals surface area contributed by atoms with Crippen LogP contribution in [-0.4, -0.2) is 40.8 Å². The average molecular weight is 396 g/mol. The smallest absolute Gasteiger partial charge is 0.435 e. The molecule has 148 valence electrons. The molecule has 11 heteroatoms. The highest BCUT2D eigenvalue weighted by atomic mass is 19.4. The van der Waals surface area contributed by atoms with Crippen molar-refractivity contribution in [3.63, 3.8) is 0 Å². The summed E-state index contributed by atoms with van der Waals surface area (Å²) in [6, 6.07) is 5.06. The molecular weight excluding hydrogens is 381 g/mol. The van der Waals surface area contributed by atoms with Crippen molar-refractivity contribution in [1.82, 2.24) is 15.1 Å². The molecule has 0 bridgehead atoms. The summed E-state index contributed by atoms with van der Waals surface area (Å²) >= 11 is 0. The summed E-state index contributed by atoms with van der Waals surface area (Å²) in [4.78, 5) is 36.7. The molecule has 3 rings (SSSR count).